The number of aromatic nitrogens is 2. The van der Waals surface area contributed by atoms with Gasteiger partial charge in [0.1, 0.15) is 5.82 Å². The molecule has 0 bridgehead atoms. The van der Waals surface area contributed by atoms with Gasteiger partial charge in [0.2, 0.25) is 0 Å². The first-order valence-corrected chi connectivity index (χ1v) is 7.64. The molecule has 2 rings (SSSR count). The lowest BCUT2D eigenvalue weighted by molar-refractivity contribution is 0.294. The maximum Gasteiger partial charge on any atom is 0.111 e. The van der Waals surface area contributed by atoms with Gasteiger partial charge in [0.05, 0.1) is 11.0 Å². The molecule has 0 spiro atoms. The first-order valence-electron chi connectivity index (χ1n) is 7.10. The van der Waals surface area contributed by atoms with Crippen LogP contribution in [0.25, 0.3) is 11.0 Å². The maximum absolute atomic E-state index is 5.96. The van der Waals surface area contributed by atoms with Gasteiger partial charge in [-0.25, -0.2) is 4.98 Å². The van der Waals surface area contributed by atoms with E-state index in [4.69, 9.17) is 16.6 Å². The van der Waals surface area contributed by atoms with Crippen LogP contribution in [0.3, 0.4) is 0 Å². The lowest BCUT2D eigenvalue weighted by atomic mass is 9.94. The van der Waals surface area contributed by atoms with Gasteiger partial charge in [0.15, 0.2) is 0 Å². The predicted molar refractivity (Wildman–Crippen MR) is 83.1 cm³/mol. The first-order chi connectivity index (χ1) is 9.07. The Morgan fingerprint density at radius 2 is 1.95 bits per heavy atom. The average Bonchev–Trinajstić information content (AvgIpc) is 2.79. The van der Waals surface area contributed by atoms with E-state index < -0.39 is 0 Å². The number of imidazole rings is 1. The molecule has 1 aromatic heterocycles. The third kappa shape index (κ3) is 2.38. The Morgan fingerprint density at radius 3 is 2.53 bits per heavy atom. The van der Waals surface area contributed by atoms with Crippen molar-refractivity contribution < 1.29 is 0 Å². The van der Waals surface area contributed by atoms with E-state index >= 15 is 0 Å². The maximum atomic E-state index is 5.96. The topological polar surface area (TPSA) is 17.8 Å². The SMILES string of the molecule is CCC(C)(CC)n1c(CCCl)nc2c(C)cccc21. The van der Waals surface area contributed by atoms with E-state index in [1.807, 2.05) is 0 Å². The van der Waals surface area contributed by atoms with Crippen molar-refractivity contribution >= 4 is 22.6 Å². The highest BCUT2D eigenvalue weighted by Crippen LogP contribution is 2.32. The minimum absolute atomic E-state index is 0.115. The van der Waals surface area contributed by atoms with Crippen LogP contribution in [0.2, 0.25) is 0 Å². The summed E-state index contributed by atoms with van der Waals surface area (Å²) in [6.45, 7) is 8.93. The highest BCUT2D eigenvalue weighted by atomic mass is 35.5. The molecule has 19 heavy (non-hydrogen) atoms. The largest absolute Gasteiger partial charge is 0.322 e. The molecule has 0 aliphatic heterocycles. The molecule has 0 saturated carbocycles. The molecule has 0 amide bonds. The Hall–Kier alpha value is -1.02. The fourth-order valence-corrected chi connectivity index (χ4v) is 2.88. The summed E-state index contributed by atoms with van der Waals surface area (Å²) in [5, 5.41) is 0. The van der Waals surface area contributed by atoms with Crippen molar-refractivity contribution in [1.29, 1.82) is 0 Å². The van der Waals surface area contributed by atoms with Crippen LogP contribution in [0.15, 0.2) is 18.2 Å². The van der Waals surface area contributed by atoms with Crippen LogP contribution in [-0.2, 0) is 12.0 Å². The minimum Gasteiger partial charge on any atom is -0.322 e. The lowest BCUT2D eigenvalue weighted by Gasteiger charge is -2.31. The third-order valence-corrected chi connectivity index (χ3v) is 4.53. The Kier molecular flexibility index (Phi) is 4.19. The van der Waals surface area contributed by atoms with Crippen LogP contribution in [0, 0.1) is 6.92 Å². The Morgan fingerprint density at radius 1 is 1.26 bits per heavy atom. The van der Waals surface area contributed by atoms with Gasteiger partial charge in [-0.2, -0.15) is 0 Å². The summed E-state index contributed by atoms with van der Waals surface area (Å²) in [5.74, 6) is 1.73. The Balaban J connectivity index is 2.75. The van der Waals surface area contributed by atoms with Crippen LogP contribution >= 0.6 is 11.6 Å². The average molecular weight is 279 g/mol. The van der Waals surface area contributed by atoms with Gasteiger partial charge in [-0.15, -0.1) is 11.6 Å². The molecule has 0 fully saturated rings. The number of benzene rings is 1. The molecule has 0 aliphatic carbocycles. The highest BCUT2D eigenvalue weighted by Gasteiger charge is 2.27. The van der Waals surface area contributed by atoms with Gasteiger partial charge in [0.25, 0.3) is 0 Å². The van der Waals surface area contributed by atoms with E-state index in [-0.39, 0.29) is 5.54 Å². The molecule has 0 N–H and O–H groups in total. The van der Waals surface area contributed by atoms with Gasteiger partial charge < -0.3 is 4.57 Å². The normalized spacial score (nSPS) is 12.3. The molecule has 2 nitrogen and oxygen atoms in total. The molecule has 1 aromatic carbocycles. The monoisotopic (exact) mass is 278 g/mol. The second-order valence-electron chi connectivity index (χ2n) is 5.45. The summed E-state index contributed by atoms with van der Waals surface area (Å²) in [5.41, 5.74) is 3.72. The zero-order valence-corrected chi connectivity index (χ0v) is 13.1. The molecular formula is C16H23ClN2. The predicted octanol–water partition coefficient (Wildman–Crippen LogP) is 4.66. The number of fused-ring (bicyclic) bond motifs is 1. The van der Waals surface area contributed by atoms with Crippen LogP contribution in [0.5, 0.6) is 0 Å². The first kappa shape index (κ1) is 14.4. The molecule has 0 unspecified atom stereocenters. The molecule has 0 saturated heterocycles. The summed E-state index contributed by atoms with van der Waals surface area (Å²) in [7, 11) is 0. The number of halogens is 1. The fraction of sp³-hybridized carbons (Fsp3) is 0.562. The van der Waals surface area contributed by atoms with Crippen LogP contribution in [-0.4, -0.2) is 15.4 Å². The van der Waals surface area contributed by atoms with Gasteiger partial charge in [-0.1, -0.05) is 26.0 Å². The summed E-state index contributed by atoms with van der Waals surface area (Å²) in [6, 6.07) is 6.42. The number of hydrogen-bond donors (Lipinski definition) is 0. The Labute approximate surface area is 120 Å². The number of aryl methyl sites for hydroxylation is 2. The van der Waals surface area contributed by atoms with Crippen molar-refractivity contribution in [2.24, 2.45) is 0 Å². The van der Waals surface area contributed by atoms with E-state index in [0.29, 0.717) is 5.88 Å². The van der Waals surface area contributed by atoms with Crippen molar-refractivity contribution in [3.63, 3.8) is 0 Å². The number of hydrogen-bond acceptors (Lipinski definition) is 1. The number of alkyl halides is 1. The Bertz CT molecular complexity index is 567. The van der Waals surface area contributed by atoms with Crippen LogP contribution in [0.1, 0.15) is 45.0 Å². The number of para-hydroxylation sites is 1. The lowest BCUT2D eigenvalue weighted by Crippen LogP contribution is -2.30. The standard InChI is InChI=1S/C16H23ClN2/c1-5-16(4,6-2)19-13-9-7-8-12(3)15(13)18-14(19)10-11-17/h7-9H,5-6,10-11H2,1-4H3. The highest BCUT2D eigenvalue weighted by molar-refractivity contribution is 6.17. The zero-order chi connectivity index (χ0) is 14.0. The number of nitrogens with zero attached hydrogens (tertiary/aromatic N) is 2. The van der Waals surface area contributed by atoms with E-state index in [1.165, 1.54) is 11.1 Å². The van der Waals surface area contributed by atoms with Crippen molar-refractivity contribution in [1.82, 2.24) is 9.55 Å². The summed E-state index contributed by atoms with van der Waals surface area (Å²) in [4.78, 5) is 4.84. The van der Waals surface area contributed by atoms with E-state index in [0.717, 1.165) is 30.6 Å². The molecule has 104 valence electrons. The minimum atomic E-state index is 0.115. The van der Waals surface area contributed by atoms with Crippen molar-refractivity contribution in [3.8, 4) is 0 Å². The van der Waals surface area contributed by atoms with Crippen molar-refractivity contribution in [2.45, 2.75) is 52.5 Å². The molecule has 3 heteroatoms. The molecule has 0 atom stereocenters. The second-order valence-corrected chi connectivity index (χ2v) is 5.83. The summed E-state index contributed by atoms with van der Waals surface area (Å²) >= 11 is 5.96. The van der Waals surface area contributed by atoms with Crippen LogP contribution in [0.4, 0.5) is 0 Å². The van der Waals surface area contributed by atoms with E-state index in [9.17, 15) is 0 Å². The second kappa shape index (κ2) is 5.54. The van der Waals surface area contributed by atoms with Gasteiger partial charge >= 0.3 is 0 Å². The summed E-state index contributed by atoms with van der Waals surface area (Å²) in [6.07, 6.45) is 3.02. The molecule has 1 heterocycles. The van der Waals surface area contributed by atoms with Crippen molar-refractivity contribution in [2.75, 3.05) is 5.88 Å². The molecule has 0 aliphatic rings. The van der Waals surface area contributed by atoms with Crippen LogP contribution < -0.4 is 0 Å². The summed E-state index contributed by atoms with van der Waals surface area (Å²) < 4.78 is 2.41. The number of rotatable bonds is 5. The molecule has 2 aromatic rings. The quantitative estimate of drug-likeness (QED) is 0.727. The third-order valence-electron chi connectivity index (χ3n) is 4.34. The molecule has 0 radical (unpaired) electrons. The van der Waals surface area contributed by atoms with Crippen molar-refractivity contribution in [3.05, 3.63) is 29.6 Å². The van der Waals surface area contributed by atoms with Gasteiger partial charge in [-0.05, 0) is 38.3 Å². The fourth-order valence-electron chi connectivity index (χ4n) is 2.71. The van der Waals surface area contributed by atoms with Gasteiger partial charge in [-0.3, -0.25) is 0 Å². The molecular weight excluding hydrogens is 256 g/mol. The smallest absolute Gasteiger partial charge is 0.111 e. The zero-order valence-electron chi connectivity index (χ0n) is 12.3. The van der Waals surface area contributed by atoms with Gasteiger partial charge in [0, 0.05) is 17.8 Å². The van der Waals surface area contributed by atoms with E-state index in [1.54, 1.807) is 0 Å². The van der Waals surface area contributed by atoms with E-state index in [2.05, 4.69) is 50.5 Å².